The first-order chi connectivity index (χ1) is 16.8. The maximum Gasteiger partial charge on any atom is 0.417 e. The number of fused-ring (bicyclic) bond motifs is 3. The van der Waals surface area contributed by atoms with Crippen molar-refractivity contribution in [3.05, 3.63) is 71.0 Å². The predicted molar refractivity (Wildman–Crippen MR) is 123 cm³/mol. The van der Waals surface area contributed by atoms with Crippen LogP contribution in [-0.2, 0) is 12.7 Å². The largest absolute Gasteiger partial charge is 0.494 e. The topological polar surface area (TPSA) is 56.8 Å². The summed E-state index contributed by atoms with van der Waals surface area (Å²) in [6.45, 7) is 2.58. The molecule has 0 spiro atoms. The molecule has 1 saturated heterocycles. The van der Waals surface area contributed by atoms with E-state index < -0.39 is 23.1 Å². The number of nitriles is 1. The summed E-state index contributed by atoms with van der Waals surface area (Å²) in [5.74, 6) is 0.0851. The summed E-state index contributed by atoms with van der Waals surface area (Å²) < 4.78 is 62.4. The highest BCUT2D eigenvalue weighted by molar-refractivity contribution is 5.85. The first-order valence-corrected chi connectivity index (χ1v) is 11.0. The van der Waals surface area contributed by atoms with Crippen LogP contribution in [0.2, 0.25) is 0 Å². The number of halogens is 4. The molecule has 0 amide bonds. The van der Waals surface area contributed by atoms with E-state index in [1.807, 2.05) is 4.90 Å². The number of pyridine rings is 1. The molecule has 0 atom stereocenters. The zero-order valence-electron chi connectivity index (χ0n) is 18.8. The van der Waals surface area contributed by atoms with Gasteiger partial charge in [-0.15, -0.1) is 0 Å². The lowest BCUT2D eigenvalue weighted by molar-refractivity contribution is -0.137. The standard InChI is InChI=1S/C25H21F4N5O/c1-35-22-7-6-16(12-19(22)26)15-32-8-10-33(11-9-32)23-13-18(25(27,28)29)17(14-30)24-31-20-4-2-3-5-21(20)34(23)24/h2-7,12-13H,8-11,15H2,1H3. The van der Waals surface area contributed by atoms with E-state index in [1.165, 1.54) is 13.2 Å². The molecule has 2 aromatic heterocycles. The molecular formula is C25H21F4N5O. The first-order valence-electron chi connectivity index (χ1n) is 11.0. The average molecular weight is 483 g/mol. The lowest BCUT2D eigenvalue weighted by Crippen LogP contribution is -2.46. The molecule has 180 valence electrons. The molecule has 4 aromatic rings. The molecule has 35 heavy (non-hydrogen) atoms. The van der Waals surface area contributed by atoms with Crippen molar-refractivity contribution in [3.8, 4) is 11.8 Å². The molecule has 0 radical (unpaired) electrons. The fraction of sp³-hybridized carbons (Fsp3) is 0.280. The van der Waals surface area contributed by atoms with Gasteiger partial charge >= 0.3 is 6.18 Å². The Morgan fingerprint density at radius 1 is 1.06 bits per heavy atom. The molecule has 6 nitrogen and oxygen atoms in total. The normalized spacial score (nSPS) is 15.0. The van der Waals surface area contributed by atoms with Gasteiger partial charge in [-0.2, -0.15) is 18.4 Å². The minimum atomic E-state index is -4.69. The minimum absolute atomic E-state index is 0.00494. The number of alkyl halides is 3. The number of piperazine rings is 1. The monoisotopic (exact) mass is 483 g/mol. The van der Waals surface area contributed by atoms with E-state index in [9.17, 15) is 22.8 Å². The van der Waals surface area contributed by atoms with Crippen LogP contribution in [0.5, 0.6) is 5.75 Å². The van der Waals surface area contributed by atoms with Crippen LogP contribution in [0.3, 0.4) is 0 Å². The van der Waals surface area contributed by atoms with Gasteiger partial charge in [-0.1, -0.05) is 18.2 Å². The van der Waals surface area contributed by atoms with Gasteiger partial charge in [0.2, 0.25) is 0 Å². The average Bonchev–Trinajstić information content (AvgIpc) is 3.23. The molecule has 1 aliphatic rings. The molecule has 0 unspecified atom stereocenters. The van der Waals surface area contributed by atoms with E-state index in [-0.39, 0.29) is 11.4 Å². The molecular weight excluding hydrogens is 462 g/mol. The molecule has 1 aliphatic heterocycles. The van der Waals surface area contributed by atoms with Gasteiger partial charge in [0.05, 0.1) is 23.7 Å². The number of nitrogens with zero attached hydrogens (tertiary/aromatic N) is 5. The van der Waals surface area contributed by atoms with E-state index in [2.05, 4.69) is 9.88 Å². The van der Waals surface area contributed by atoms with Crippen LogP contribution in [-0.4, -0.2) is 47.6 Å². The number of ether oxygens (including phenoxy) is 1. The maximum absolute atomic E-state index is 14.1. The molecule has 0 bridgehead atoms. The van der Waals surface area contributed by atoms with Crippen LogP contribution < -0.4 is 9.64 Å². The van der Waals surface area contributed by atoms with Crippen LogP contribution in [0.1, 0.15) is 16.7 Å². The number of hydrogen-bond donors (Lipinski definition) is 0. The number of hydrogen-bond acceptors (Lipinski definition) is 5. The molecule has 5 rings (SSSR count). The second-order valence-corrected chi connectivity index (χ2v) is 8.39. The van der Waals surface area contributed by atoms with Crippen molar-refractivity contribution in [2.24, 2.45) is 0 Å². The Labute approximate surface area is 198 Å². The quantitative estimate of drug-likeness (QED) is 0.389. The third kappa shape index (κ3) is 4.12. The Morgan fingerprint density at radius 3 is 2.46 bits per heavy atom. The van der Waals surface area contributed by atoms with E-state index >= 15 is 0 Å². The second-order valence-electron chi connectivity index (χ2n) is 8.39. The van der Waals surface area contributed by atoms with E-state index in [0.717, 1.165) is 11.6 Å². The number of methoxy groups -OCH3 is 1. The number of aromatic nitrogens is 2. The van der Waals surface area contributed by atoms with Gasteiger partial charge in [0.25, 0.3) is 0 Å². The maximum atomic E-state index is 14.1. The van der Waals surface area contributed by atoms with Crippen molar-refractivity contribution in [1.82, 2.24) is 14.3 Å². The first kappa shape index (κ1) is 22.9. The summed E-state index contributed by atoms with van der Waals surface area (Å²) in [6, 6.07) is 14.6. The fourth-order valence-electron chi connectivity index (χ4n) is 4.58. The highest BCUT2D eigenvalue weighted by Gasteiger charge is 2.37. The SMILES string of the molecule is COc1ccc(CN2CCN(c3cc(C(F)(F)F)c(C#N)c4nc5ccccc5n34)CC2)cc1F. The van der Waals surface area contributed by atoms with Crippen LogP contribution in [0.25, 0.3) is 16.7 Å². The van der Waals surface area contributed by atoms with Crippen LogP contribution in [0.15, 0.2) is 48.5 Å². The van der Waals surface area contributed by atoms with Crippen molar-refractivity contribution < 1.29 is 22.3 Å². The zero-order valence-corrected chi connectivity index (χ0v) is 18.8. The molecule has 3 heterocycles. The molecule has 2 aromatic carbocycles. The molecule has 0 aliphatic carbocycles. The summed E-state index contributed by atoms with van der Waals surface area (Å²) in [5, 5.41) is 9.58. The Kier molecular flexibility index (Phi) is 5.73. The van der Waals surface area contributed by atoms with Gasteiger partial charge in [0, 0.05) is 32.7 Å². The van der Waals surface area contributed by atoms with E-state index in [1.54, 1.807) is 46.9 Å². The Balaban J connectivity index is 1.48. The third-order valence-electron chi connectivity index (χ3n) is 6.29. The third-order valence-corrected chi connectivity index (χ3v) is 6.29. The van der Waals surface area contributed by atoms with E-state index in [4.69, 9.17) is 4.74 Å². The molecule has 1 fully saturated rings. The van der Waals surface area contributed by atoms with Crippen molar-refractivity contribution in [2.45, 2.75) is 12.7 Å². The van der Waals surface area contributed by atoms with Gasteiger partial charge < -0.3 is 9.64 Å². The summed E-state index contributed by atoms with van der Waals surface area (Å²) in [6.07, 6.45) is -4.69. The second kappa shape index (κ2) is 8.74. The van der Waals surface area contributed by atoms with Gasteiger partial charge in [-0.25, -0.2) is 9.37 Å². The minimum Gasteiger partial charge on any atom is -0.494 e. The van der Waals surface area contributed by atoms with Crippen molar-refractivity contribution >= 4 is 22.5 Å². The predicted octanol–water partition coefficient (Wildman–Crippen LogP) is 4.85. The van der Waals surface area contributed by atoms with Crippen LogP contribution in [0, 0.1) is 17.1 Å². The highest BCUT2D eigenvalue weighted by atomic mass is 19.4. The summed E-state index contributed by atoms with van der Waals surface area (Å²) in [4.78, 5) is 8.36. The number of rotatable bonds is 4. The molecule has 0 saturated carbocycles. The number of imidazole rings is 1. The summed E-state index contributed by atoms with van der Waals surface area (Å²) >= 11 is 0. The molecule has 10 heteroatoms. The summed E-state index contributed by atoms with van der Waals surface area (Å²) in [5.41, 5.74) is 0.460. The van der Waals surface area contributed by atoms with Gasteiger partial charge in [0.1, 0.15) is 17.5 Å². The zero-order chi connectivity index (χ0) is 24.7. The van der Waals surface area contributed by atoms with Gasteiger partial charge in [-0.3, -0.25) is 9.30 Å². The highest BCUT2D eigenvalue weighted by Crippen LogP contribution is 2.38. The number of para-hydroxylation sites is 2. The van der Waals surface area contributed by atoms with Gasteiger partial charge in [0.15, 0.2) is 17.2 Å². The van der Waals surface area contributed by atoms with Crippen LogP contribution in [0.4, 0.5) is 23.4 Å². The Morgan fingerprint density at radius 2 is 1.80 bits per heavy atom. The van der Waals surface area contributed by atoms with Crippen LogP contribution >= 0.6 is 0 Å². The van der Waals surface area contributed by atoms with Crippen molar-refractivity contribution in [2.75, 3.05) is 38.2 Å². The molecule has 0 N–H and O–H groups in total. The summed E-state index contributed by atoms with van der Waals surface area (Å²) in [7, 11) is 1.41. The fourth-order valence-corrected chi connectivity index (χ4v) is 4.58. The van der Waals surface area contributed by atoms with E-state index in [0.29, 0.717) is 49.6 Å². The smallest absolute Gasteiger partial charge is 0.417 e. The number of anilines is 1. The van der Waals surface area contributed by atoms with Gasteiger partial charge in [-0.05, 0) is 35.9 Å². The Hall–Kier alpha value is -3.84. The number of benzene rings is 2. The lowest BCUT2D eigenvalue weighted by Gasteiger charge is -2.36. The Bertz CT molecular complexity index is 1450. The van der Waals surface area contributed by atoms with Crippen molar-refractivity contribution in [1.29, 1.82) is 5.26 Å². The van der Waals surface area contributed by atoms with Crippen molar-refractivity contribution in [3.63, 3.8) is 0 Å². The lowest BCUT2D eigenvalue weighted by atomic mass is 10.1.